The highest BCUT2D eigenvalue weighted by atomic mass is 16.5. The van der Waals surface area contributed by atoms with Gasteiger partial charge in [0.1, 0.15) is 0 Å². The topological polar surface area (TPSA) is 26.3 Å². The van der Waals surface area contributed by atoms with E-state index < -0.39 is 0 Å². The van der Waals surface area contributed by atoms with Crippen molar-refractivity contribution in [1.29, 1.82) is 0 Å². The number of hydrogen-bond acceptors (Lipinski definition) is 2. The molecule has 20 heavy (non-hydrogen) atoms. The second-order valence-corrected chi connectivity index (χ2v) is 6.39. The summed E-state index contributed by atoms with van der Waals surface area (Å²) in [4.78, 5) is 11.4. The van der Waals surface area contributed by atoms with E-state index in [0.717, 1.165) is 0 Å². The van der Waals surface area contributed by atoms with Crippen molar-refractivity contribution in [2.24, 2.45) is 5.41 Å². The maximum absolute atomic E-state index is 11.4. The Bertz CT molecular complexity index is 273. The number of carbonyl (C=O) groups excluding carboxylic acids is 1. The van der Waals surface area contributed by atoms with Gasteiger partial charge in [0.05, 0.1) is 6.61 Å². The third kappa shape index (κ3) is 6.58. The van der Waals surface area contributed by atoms with E-state index >= 15 is 0 Å². The van der Waals surface area contributed by atoms with E-state index in [9.17, 15) is 4.79 Å². The summed E-state index contributed by atoms with van der Waals surface area (Å²) < 4.78 is 5.44. The summed E-state index contributed by atoms with van der Waals surface area (Å²) in [5.41, 5.74) is 0.228. The van der Waals surface area contributed by atoms with Crippen LogP contribution in [0.15, 0.2) is 12.7 Å². The molecule has 0 aliphatic heterocycles. The van der Waals surface area contributed by atoms with Crippen molar-refractivity contribution < 1.29 is 9.53 Å². The molecule has 1 aliphatic rings. The Kier molecular flexibility index (Phi) is 8.64. The fraction of sp³-hybridized carbons (Fsp3) is 0.833. The molecule has 0 unspecified atom stereocenters. The summed E-state index contributed by atoms with van der Waals surface area (Å²) in [5, 5.41) is 0. The summed E-state index contributed by atoms with van der Waals surface area (Å²) in [6, 6.07) is 0. The zero-order valence-corrected chi connectivity index (χ0v) is 13.3. The Hall–Kier alpha value is -0.790. The van der Waals surface area contributed by atoms with Crippen LogP contribution in [0, 0.1) is 5.41 Å². The molecule has 1 rings (SSSR count). The first-order valence-corrected chi connectivity index (χ1v) is 8.52. The van der Waals surface area contributed by atoms with E-state index in [1.54, 1.807) is 0 Å². The number of unbranched alkanes of at least 4 members (excludes halogenated alkanes) is 1. The van der Waals surface area contributed by atoms with Gasteiger partial charge < -0.3 is 4.74 Å². The van der Waals surface area contributed by atoms with Crippen LogP contribution in [0.5, 0.6) is 0 Å². The van der Waals surface area contributed by atoms with Crippen LogP contribution in [0.4, 0.5) is 0 Å². The van der Waals surface area contributed by atoms with Crippen LogP contribution in [0.25, 0.3) is 0 Å². The molecule has 0 radical (unpaired) electrons. The summed E-state index contributed by atoms with van der Waals surface area (Å²) in [7, 11) is 0. The first kappa shape index (κ1) is 17.3. The maximum Gasteiger partial charge on any atom is 0.330 e. The third-order valence-corrected chi connectivity index (χ3v) is 4.66. The van der Waals surface area contributed by atoms with E-state index in [2.05, 4.69) is 13.5 Å². The maximum atomic E-state index is 11.4. The fourth-order valence-electron chi connectivity index (χ4n) is 3.31. The van der Waals surface area contributed by atoms with E-state index in [-0.39, 0.29) is 11.4 Å². The Morgan fingerprint density at radius 1 is 1.10 bits per heavy atom. The monoisotopic (exact) mass is 280 g/mol. The first-order valence-electron chi connectivity index (χ1n) is 8.52. The highest BCUT2D eigenvalue weighted by Crippen LogP contribution is 2.38. The number of esters is 1. The van der Waals surface area contributed by atoms with E-state index in [4.69, 9.17) is 4.74 Å². The van der Waals surface area contributed by atoms with Crippen LogP contribution in [0.1, 0.15) is 84.0 Å². The minimum atomic E-state index is -0.266. The molecule has 0 atom stereocenters. The van der Waals surface area contributed by atoms with Gasteiger partial charge >= 0.3 is 5.97 Å². The number of hydrogen-bond donors (Lipinski definition) is 0. The standard InChI is InChI=1S/C18H32O2/c1-3-5-13-18(16-20-17(19)4-2)14-11-9-7-6-8-10-12-15-18/h4H,2-3,5-16H2,1H3. The molecular formula is C18H32O2. The Morgan fingerprint density at radius 3 is 2.15 bits per heavy atom. The fourth-order valence-corrected chi connectivity index (χ4v) is 3.31. The van der Waals surface area contributed by atoms with Gasteiger partial charge in [0.15, 0.2) is 0 Å². The molecular weight excluding hydrogens is 248 g/mol. The SMILES string of the molecule is C=CC(=O)OCC1(CCCC)CCCCCCCCC1. The van der Waals surface area contributed by atoms with E-state index in [1.165, 1.54) is 83.1 Å². The molecule has 1 aliphatic carbocycles. The van der Waals surface area contributed by atoms with Gasteiger partial charge in [-0.1, -0.05) is 71.3 Å². The normalized spacial score (nSPS) is 20.1. The lowest BCUT2D eigenvalue weighted by Gasteiger charge is -2.34. The van der Waals surface area contributed by atoms with Crippen molar-refractivity contribution in [1.82, 2.24) is 0 Å². The van der Waals surface area contributed by atoms with Crippen molar-refractivity contribution in [3.63, 3.8) is 0 Å². The van der Waals surface area contributed by atoms with Crippen molar-refractivity contribution in [3.05, 3.63) is 12.7 Å². The molecule has 0 N–H and O–H groups in total. The van der Waals surface area contributed by atoms with Crippen molar-refractivity contribution in [2.45, 2.75) is 84.0 Å². The molecule has 1 fully saturated rings. The van der Waals surface area contributed by atoms with E-state index in [0.29, 0.717) is 6.61 Å². The lowest BCUT2D eigenvalue weighted by Crippen LogP contribution is -2.29. The summed E-state index contributed by atoms with van der Waals surface area (Å²) in [6.45, 7) is 6.33. The molecule has 116 valence electrons. The predicted molar refractivity (Wildman–Crippen MR) is 84.7 cm³/mol. The van der Waals surface area contributed by atoms with Gasteiger partial charge in [-0.25, -0.2) is 4.79 Å². The molecule has 0 spiro atoms. The molecule has 0 bridgehead atoms. The average molecular weight is 280 g/mol. The lowest BCUT2D eigenvalue weighted by atomic mass is 9.74. The molecule has 0 aromatic carbocycles. The van der Waals surface area contributed by atoms with Gasteiger partial charge in [-0.05, 0) is 19.3 Å². The van der Waals surface area contributed by atoms with Gasteiger partial charge in [-0.2, -0.15) is 0 Å². The largest absolute Gasteiger partial charge is 0.462 e. The van der Waals surface area contributed by atoms with Crippen LogP contribution >= 0.6 is 0 Å². The summed E-state index contributed by atoms with van der Waals surface area (Å²) >= 11 is 0. The molecule has 0 heterocycles. The Morgan fingerprint density at radius 2 is 1.65 bits per heavy atom. The van der Waals surface area contributed by atoms with Gasteiger partial charge in [0.2, 0.25) is 0 Å². The first-order chi connectivity index (χ1) is 9.72. The zero-order valence-electron chi connectivity index (χ0n) is 13.3. The molecule has 0 amide bonds. The molecule has 2 nitrogen and oxygen atoms in total. The molecule has 0 aromatic rings. The van der Waals surface area contributed by atoms with E-state index in [1.807, 2.05) is 0 Å². The Labute approximate surface area is 125 Å². The lowest BCUT2D eigenvalue weighted by molar-refractivity contribution is -0.142. The quantitative estimate of drug-likeness (QED) is 0.480. The third-order valence-electron chi connectivity index (χ3n) is 4.66. The second kappa shape index (κ2) is 10.0. The van der Waals surface area contributed by atoms with Crippen LogP contribution in [0.2, 0.25) is 0 Å². The number of carbonyl (C=O) groups is 1. The molecule has 1 saturated carbocycles. The number of ether oxygens (including phenoxy) is 1. The zero-order chi connectivity index (χ0) is 14.7. The minimum Gasteiger partial charge on any atom is -0.462 e. The number of rotatable bonds is 6. The second-order valence-electron chi connectivity index (χ2n) is 6.39. The summed E-state index contributed by atoms with van der Waals surface area (Å²) in [6.07, 6.45) is 16.8. The predicted octanol–water partition coefficient (Wildman–Crippen LogP) is 5.42. The summed E-state index contributed by atoms with van der Waals surface area (Å²) in [5.74, 6) is -0.266. The van der Waals surface area contributed by atoms with Gasteiger partial charge in [0, 0.05) is 11.5 Å². The van der Waals surface area contributed by atoms with Crippen molar-refractivity contribution in [2.75, 3.05) is 6.61 Å². The molecule has 0 saturated heterocycles. The van der Waals surface area contributed by atoms with Crippen molar-refractivity contribution in [3.8, 4) is 0 Å². The molecule has 0 aromatic heterocycles. The molecule has 2 heteroatoms. The van der Waals surface area contributed by atoms with Crippen LogP contribution in [-0.4, -0.2) is 12.6 Å². The highest BCUT2D eigenvalue weighted by molar-refractivity contribution is 5.81. The van der Waals surface area contributed by atoms with Gasteiger partial charge in [0.25, 0.3) is 0 Å². The van der Waals surface area contributed by atoms with Crippen LogP contribution in [0.3, 0.4) is 0 Å². The van der Waals surface area contributed by atoms with Crippen LogP contribution in [-0.2, 0) is 9.53 Å². The minimum absolute atomic E-state index is 0.228. The smallest absolute Gasteiger partial charge is 0.330 e. The average Bonchev–Trinajstić information content (AvgIpc) is 2.49. The van der Waals surface area contributed by atoms with Crippen molar-refractivity contribution >= 4 is 5.97 Å². The van der Waals surface area contributed by atoms with Crippen LogP contribution < -0.4 is 0 Å². The van der Waals surface area contributed by atoms with Gasteiger partial charge in [-0.15, -0.1) is 0 Å². The Balaban J connectivity index is 2.63. The van der Waals surface area contributed by atoms with Gasteiger partial charge in [-0.3, -0.25) is 0 Å². The highest BCUT2D eigenvalue weighted by Gasteiger charge is 2.30.